The molecule has 4 aromatic rings. The van der Waals surface area contributed by atoms with E-state index in [9.17, 15) is 9.18 Å². The first kappa shape index (κ1) is 18.6. The van der Waals surface area contributed by atoms with Gasteiger partial charge >= 0.3 is 0 Å². The first-order valence-corrected chi connectivity index (χ1v) is 10.3. The molecule has 3 heteroatoms. The summed E-state index contributed by atoms with van der Waals surface area (Å²) in [6.07, 6.45) is 1.59. The Bertz CT molecular complexity index is 1200. The highest BCUT2D eigenvalue weighted by Crippen LogP contribution is 2.29. The second kappa shape index (κ2) is 7.75. The van der Waals surface area contributed by atoms with Crippen molar-refractivity contribution in [3.8, 4) is 0 Å². The summed E-state index contributed by atoms with van der Waals surface area (Å²) in [7, 11) is 0. The van der Waals surface area contributed by atoms with E-state index >= 15 is 0 Å². The third-order valence-electron chi connectivity index (χ3n) is 6.05. The lowest BCUT2D eigenvalue weighted by molar-refractivity contribution is 0.0668. The van der Waals surface area contributed by atoms with Crippen molar-refractivity contribution in [2.24, 2.45) is 0 Å². The number of amides is 1. The van der Waals surface area contributed by atoms with Gasteiger partial charge in [-0.3, -0.25) is 4.79 Å². The second-order valence-electron chi connectivity index (χ2n) is 7.88. The average molecular weight is 395 g/mol. The van der Waals surface area contributed by atoms with E-state index in [-0.39, 0.29) is 24.3 Å². The monoisotopic (exact) mass is 395 g/mol. The van der Waals surface area contributed by atoms with E-state index < -0.39 is 0 Å². The highest BCUT2D eigenvalue weighted by Gasteiger charge is 2.31. The van der Waals surface area contributed by atoms with Crippen LogP contribution in [0.2, 0.25) is 0 Å². The van der Waals surface area contributed by atoms with Crippen LogP contribution in [0.3, 0.4) is 0 Å². The van der Waals surface area contributed by atoms with Crippen molar-refractivity contribution in [3.05, 3.63) is 119 Å². The largest absolute Gasteiger partial charge is 0.331 e. The second-order valence-corrected chi connectivity index (χ2v) is 7.88. The molecule has 0 aromatic heterocycles. The van der Waals surface area contributed by atoms with Crippen molar-refractivity contribution in [1.29, 1.82) is 0 Å². The molecule has 0 atom stereocenters. The van der Waals surface area contributed by atoms with Crippen LogP contribution in [0, 0.1) is 5.82 Å². The molecule has 0 N–H and O–H groups in total. The van der Waals surface area contributed by atoms with Crippen LogP contribution in [-0.4, -0.2) is 16.8 Å². The minimum Gasteiger partial charge on any atom is -0.331 e. The Kier molecular flexibility index (Phi) is 4.80. The fourth-order valence-electron chi connectivity index (χ4n) is 4.50. The summed E-state index contributed by atoms with van der Waals surface area (Å²) in [5.41, 5.74) is 3.75. The summed E-state index contributed by atoms with van der Waals surface area (Å²) in [6, 6.07) is 28.8. The number of rotatable bonds is 4. The molecule has 4 aromatic carbocycles. The average Bonchev–Trinajstić information content (AvgIpc) is 3.21. The van der Waals surface area contributed by atoms with Gasteiger partial charge < -0.3 is 4.90 Å². The van der Waals surface area contributed by atoms with Crippen LogP contribution in [0.25, 0.3) is 10.8 Å². The molecule has 0 saturated carbocycles. The molecule has 5 rings (SSSR count). The van der Waals surface area contributed by atoms with Gasteiger partial charge in [0.15, 0.2) is 0 Å². The van der Waals surface area contributed by atoms with E-state index in [1.165, 1.54) is 17.2 Å². The van der Waals surface area contributed by atoms with Gasteiger partial charge in [-0.25, -0.2) is 4.39 Å². The van der Waals surface area contributed by atoms with Gasteiger partial charge in [0, 0.05) is 23.7 Å². The van der Waals surface area contributed by atoms with E-state index in [4.69, 9.17) is 0 Å². The Hall–Kier alpha value is -3.46. The fraction of sp³-hybridized carbons (Fsp3) is 0.148. The molecule has 1 aliphatic rings. The lowest BCUT2D eigenvalue weighted by atomic mass is 10.0. The molecule has 2 nitrogen and oxygen atoms in total. The standard InChI is InChI=1S/C27H22FNO/c28-26-15-6-4-11-22(26)18-29(23-16-20-9-1-2-10-21(20)17-23)27(30)25-14-7-12-19-8-3-5-13-24(19)25/h1-15,23H,16-18H2. The zero-order valence-corrected chi connectivity index (χ0v) is 16.6. The van der Waals surface area contributed by atoms with Crippen LogP contribution in [0.15, 0.2) is 91.0 Å². The van der Waals surface area contributed by atoms with Crippen molar-refractivity contribution >= 4 is 16.7 Å². The molecule has 0 fully saturated rings. The van der Waals surface area contributed by atoms with Gasteiger partial charge in [-0.15, -0.1) is 0 Å². The summed E-state index contributed by atoms with van der Waals surface area (Å²) in [5, 5.41) is 1.96. The Balaban J connectivity index is 1.55. The maximum atomic E-state index is 14.5. The molecule has 0 unspecified atom stereocenters. The lowest BCUT2D eigenvalue weighted by Crippen LogP contribution is -2.40. The third kappa shape index (κ3) is 3.37. The zero-order valence-electron chi connectivity index (χ0n) is 16.6. The molecule has 0 spiro atoms. The molecule has 1 amide bonds. The van der Waals surface area contributed by atoms with Crippen molar-refractivity contribution in [3.63, 3.8) is 0 Å². The van der Waals surface area contributed by atoms with Gasteiger partial charge in [0.25, 0.3) is 5.91 Å². The van der Waals surface area contributed by atoms with Gasteiger partial charge in [0.05, 0.1) is 0 Å². The van der Waals surface area contributed by atoms with Gasteiger partial charge in [-0.1, -0.05) is 78.9 Å². The number of nitrogens with zero attached hydrogens (tertiary/aromatic N) is 1. The van der Waals surface area contributed by atoms with Gasteiger partial charge in [0.1, 0.15) is 5.82 Å². The number of carbonyl (C=O) groups excluding carboxylic acids is 1. The van der Waals surface area contributed by atoms with E-state index in [1.54, 1.807) is 12.1 Å². The normalized spacial score (nSPS) is 13.4. The van der Waals surface area contributed by atoms with E-state index in [0.29, 0.717) is 11.1 Å². The summed E-state index contributed by atoms with van der Waals surface area (Å²) in [6.45, 7) is 0.257. The maximum absolute atomic E-state index is 14.5. The minimum absolute atomic E-state index is 0.00785. The van der Waals surface area contributed by atoms with Gasteiger partial charge in [-0.2, -0.15) is 0 Å². The first-order valence-electron chi connectivity index (χ1n) is 10.3. The Labute approximate surface area is 175 Å². The van der Waals surface area contributed by atoms with Crippen LogP contribution < -0.4 is 0 Å². The van der Waals surface area contributed by atoms with E-state index in [2.05, 4.69) is 12.1 Å². The highest BCUT2D eigenvalue weighted by atomic mass is 19.1. The summed E-state index contributed by atoms with van der Waals surface area (Å²) < 4.78 is 14.5. The van der Waals surface area contributed by atoms with Crippen molar-refractivity contribution < 1.29 is 9.18 Å². The van der Waals surface area contributed by atoms with Crippen LogP contribution in [0.5, 0.6) is 0 Å². The third-order valence-corrected chi connectivity index (χ3v) is 6.05. The van der Waals surface area contributed by atoms with Gasteiger partial charge in [0.2, 0.25) is 0 Å². The zero-order chi connectivity index (χ0) is 20.5. The van der Waals surface area contributed by atoms with Crippen molar-refractivity contribution in [1.82, 2.24) is 4.90 Å². The molecule has 1 aliphatic carbocycles. The molecule has 0 bridgehead atoms. The molecule has 30 heavy (non-hydrogen) atoms. The Morgan fingerprint density at radius 3 is 2.20 bits per heavy atom. The Morgan fingerprint density at radius 2 is 1.43 bits per heavy atom. The van der Waals surface area contributed by atoms with Crippen LogP contribution in [-0.2, 0) is 19.4 Å². The molecular formula is C27H22FNO. The number of benzene rings is 4. The lowest BCUT2D eigenvalue weighted by Gasteiger charge is -2.30. The molecule has 0 radical (unpaired) electrons. The molecule has 0 aliphatic heterocycles. The molecule has 148 valence electrons. The number of halogens is 1. The predicted molar refractivity (Wildman–Crippen MR) is 118 cm³/mol. The van der Waals surface area contributed by atoms with Crippen molar-refractivity contribution in [2.75, 3.05) is 0 Å². The summed E-state index contributed by atoms with van der Waals surface area (Å²) in [5.74, 6) is -0.323. The number of carbonyl (C=O) groups is 1. The van der Waals surface area contributed by atoms with Gasteiger partial charge in [-0.05, 0) is 46.9 Å². The molecular weight excluding hydrogens is 373 g/mol. The highest BCUT2D eigenvalue weighted by molar-refractivity contribution is 6.07. The first-order chi connectivity index (χ1) is 14.7. The Morgan fingerprint density at radius 1 is 0.800 bits per heavy atom. The van der Waals surface area contributed by atoms with E-state index in [0.717, 1.165) is 23.6 Å². The summed E-state index contributed by atoms with van der Waals surface area (Å²) in [4.78, 5) is 15.7. The number of fused-ring (bicyclic) bond motifs is 2. The van der Waals surface area contributed by atoms with Crippen LogP contribution in [0.4, 0.5) is 4.39 Å². The predicted octanol–water partition coefficient (Wildman–Crippen LogP) is 5.79. The van der Waals surface area contributed by atoms with Crippen LogP contribution in [0.1, 0.15) is 27.0 Å². The number of hydrogen-bond donors (Lipinski definition) is 0. The SMILES string of the molecule is O=C(c1cccc2ccccc12)N(Cc1ccccc1F)C1Cc2ccccc2C1. The maximum Gasteiger partial charge on any atom is 0.255 e. The quantitative estimate of drug-likeness (QED) is 0.428. The molecule has 0 saturated heterocycles. The number of hydrogen-bond acceptors (Lipinski definition) is 1. The van der Waals surface area contributed by atoms with E-state index in [1.807, 2.05) is 65.6 Å². The summed E-state index contributed by atoms with van der Waals surface area (Å²) >= 11 is 0. The molecule has 0 heterocycles. The van der Waals surface area contributed by atoms with Crippen LogP contribution >= 0.6 is 0 Å². The smallest absolute Gasteiger partial charge is 0.255 e. The minimum atomic E-state index is -0.274. The fourth-order valence-corrected chi connectivity index (χ4v) is 4.50. The van der Waals surface area contributed by atoms with Crippen molar-refractivity contribution in [2.45, 2.75) is 25.4 Å². The topological polar surface area (TPSA) is 20.3 Å².